The summed E-state index contributed by atoms with van der Waals surface area (Å²) in [6.45, 7) is 7.13. The number of fused-ring (bicyclic) bond motifs is 2. The molecule has 1 fully saturated rings. The SMILES string of the molecule is Cc1ccc2c(c1)C1(CC(C)(C)O2)NC(=O)N(CCCN(C)C)C1=O. The molecule has 0 aromatic heterocycles. The summed E-state index contributed by atoms with van der Waals surface area (Å²) in [5, 5.41) is 2.99. The Bertz CT molecular complexity index is 714. The first-order chi connectivity index (χ1) is 11.6. The highest BCUT2D eigenvalue weighted by Gasteiger charge is 2.58. The van der Waals surface area contributed by atoms with E-state index in [2.05, 4.69) is 5.32 Å². The molecule has 0 aliphatic carbocycles. The third-order valence-electron chi connectivity index (χ3n) is 4.83. The first-order valence-corrected chi connectivity index (χ1v) is 8.74. The molecule has 1 unspecified atom stereocenters. The van der Waals surface area contributed by atoms with Gasteiger partial charge in [-0.15, -0.1) is 0 Å². The first kappa shape index (κ1) is 17.7. The second kappa shape index (κ2) is 6.02. The largest absolute Gasteiger partial charge is 0.487 e. The zero-order valence-electron chi connectivity index (χ0n) is 15.7. The summed E-state index contributed by atoms with van der Waals surface area (Å²) >= 11 is 0. The number of hydrogen-bond donors (Lipinski definition) is 1. The molecule has 6 heteroatoms. The Labute approximate surface area is 149 Å². The van der Waals surface area contributed by atoms with Crippen molar-refractivity contribution in [3.8, 4) is 5.75 Å². The summed E-state index contributed by atoms with van der Waals surface area (Å²) in [4.78, 5) is 29.3. The van der Waals surface area contributed by atoms with Crippen molar-refractivity contribution in [2.24, 2.45) is 0 Å². The molecule has 1 spiro atoms. The molecule has 2 aliphatic heterocycles. The third-order valence-corrected chi connectivity index (χ3v) is 4.83. The molecule has 136 valence electrons. The van der Waals surface area contributed by atoms with Crippen molar-refractivity contribution in [3.05, 3.63) is 29.3 Å². The van der Waals surface area contributed by atoms with Gasteiger partial charge in [0.15, 0.2) is 5.54 Å². The average molecular weight is 345 g/mol. The van der Waals surface area contributed by atoms with Crippen molar-refractivity contribution in [1.29, 1.82) is 0 Å². The molecule has 3 rings (SSSR count). The lowest BCUT2D eigenvalue weighted by atomic mass is 9.77. The smallest absolute Gasteiger partial charge is 0.325 e. The Morgan fingerprint density at radius 2 is 2.00 bits per heavy atom. The van der Waals surface area contributed by atoms with Gasteiger partial charge in [0.25, 0.3) is 5.91 Å². The Morgan fingerprint density at radius 3 is 2.68 bits per heavy atom. The van der Waals surface area contributed by atoms with Crippen molar-refractivity contribution in [3.63, 3.8) is 0 Å². The quantitative estimate of drug-likeness (QED) is 0.850. The van der Waals surface area contributed by atoms with Crippen LogP contribution >= 0.6 is 0 Å². The van der Waals surface area contributed by atoms with Crippen LogP contribution in [0.4, 0.5) is 4.79 Å². The summed E-state index contributed by atoms with van der Waals surface area (Å²) in [5.74, 6) is 0.505. The number of nitrogens with zero attached hydrogens (tertiary/aromatic N) is 2. The van der Waals surface area contributed by atoms with E-state index in [4.69, 9.17) is 4.74 Å². The average Bonchev–Trinajstić information content (AvgIpc) is 2.71. The number of carbonyl (C=O) groups is 2. The van der Waals surface area contributed by atoms with Crippen LogP contribution in [0, 0.1) is 6.92 Å². The van der Waals surface area contributed by atoms with Crippen molar-refractivity contribution in [1.82, 2.24) is 15.1 Å². The normalized spacial score (nSPS) is 24.5. The lowest BCUT2D eigenvalue weighted by molar-refractivity contribution is -0.134. The minimum atomic E-state index is -1.03. The molecule has 1 saturated heterocycles. The number of nitrogens with one attached hydrogen (secondary N) is 1. The number of imide groups is 1. The predicted molar refractivity (Wildman–Crippen MR) is 95.6 cm³/mol. The third kappa shape index (κ3) is 3.11. The number of benzene rings is 1. The molecule has 1 N–H and O–H groups in total. The van der Waals surface area contributed by atoms with E-state index in [9.17, 15) is 9.59 Å². The Morgan fingerprint density at radius 1 is 1.28 bits per heavy atom. The zero-order chi connectivity index (χ0) is 18.4. The molecule has 6 nitrogen and oxygen atoms in total. The number of amides is 3. The van der Waals surface area contributed by atoms with Crippen LogP contribution in [0.15, 0.2) is 18.2 Å². The highest BCUT2D eigenvalue weighted by molar-refractivity contribution is 6.08. The number of hydrogen-bond acceptors (Lipinski definition) is 4. The molecule has 1 aromatic carbocycles. The molecule has 3 amide bonds. The number of carbonyl (C=O) groups excluding carboxylic acids is 2. The van der Waals surface area contributed by atoms with Gasteiger partial charge in [-0.1, -0.05) is 11.6 Å². The van der Waals surface area contributed by atoms with Gasteiger partial charge in [0.1, 0.15) is 11.4 Å². The molecule has 25 heavy (non-hydrogen) atoms. The predicted octanol–water partition coefficient (Wildman–Crippen LogP) is 2.25. The molecular weight excluding hydrogens is 318 g/mol. The molecule has 2 heterocycles. The van der Waals surface area contributed by atoms with Crippen LogP contribution < -0.4 is 10.1 Å². The van der Waals surface area contributed by atoms with E-state index in [1.807, 2.05) is 58.0 Å². The standard InChI is InChI=1S/C19H27N3O3/c1-13-7-8-15-14(11-13)19(12-18(2,3)25-15)16(23)22(17(24)20-19)10-6-9-21(4)5/h7-8,11H,6,9-10,12H2,1-5H3,(H,20,24). The number of rotatable bonds is 4. The van der Waals surface area contributed by atoms with Gasteiger partial charge in [-0.2, -0.15) is 0 Å². The fraction of sp³-hybridized carbons (Fsp3) is 0.579. The van der Waals surface area contributed by atoms with E-state index in [0.717, 1.165) is 24.1 Å². The lowest BCUT2D eigenvalue weighted by Gasteiger charge is -2.42. The van der Waals surface area contributed by atoms with Crippen LogP contribution in [0.5, 0.6) is 5.75 Å². The monoisotopic (exact) mass is 345 g/mol. The minimum Gasteiger partial charge on any atom is -0.487 e. The molecule has 0 saturated carbocycles. The fourth-order valence-electron chi connectivity index (χ4n) is 3.81. The molecule has 1 atom stereocenters. The van der Waals surface area contributed by atoms with Gasteiger partial charge in [0, 0.05) is 18.5 Å². The van der Waals surface area contributed by atoms with Gasteiger partial charge in [-0.25, -0.2) is 4.79 Å². The van der Waals surface area contributed by atoms with Gasteiger partial charge in [0.05, 0.1) is 0 Å². The van der Waals surface area contributed by atoms with Gasteiger partial charge >= 0.3 is 6.03 Å². The second-order valence-electron chi connectivity index (χ2n) is 7.99. The van der Waals surface area contributed by atoms with E-state index in [1.165, 1.54) is 4.90 Å². The topological polar surface area (TPSA) is 61.9 Å². The Kier molecular flexibility index (Phi) is 4.27. The van der Waals surface area contributed by atoms with Gasteiger partial charge in [0.2, 0.25) is 0 Å². The van der Waals surface area contributed by atoms with Crippen LogP contribution in [0.2, 0.25) is 0 Å². The van der Waals surface area contributed by atoms with E-state index in [-0.39, 0.29) is 11.9 Å². The van der Waals surface area contributed by atoms with Gasteiger partial charge < -0.3 is 15.0 Å². The summed E-state index contributed by atoms with van der Waals surface area (Å²) in [5.41, 5.74) is 0.234. The maximum absolute atomic E-state index is 13.3. The van der Waals surface area contributed by atoms with Crippen LogP contribution in [0.1, 0.15) is 37.8 Å². The summed E-state index contributed by atoms with van der Waals surface area (Å²) < 4.78 is 6.06. The summed E-state index contributed by atoms with van der Waals surface area (Å²) in [7, 11) is 3.96. The van der Waals surface area contributed by atoms with E-state index in [0.29, 0.717) is 18.7 Å². The summed E-state index contributed by atoms with van der Waals surface area (Å²) in [6, 6.07) is 5.49. The molecular formula is C19H27N3O3. The lowest BCUT2D eigenvalue weighted by Crippen LogP contribution is -2.53. The van der Waals surface area contributed by atoms with E-state index < -0.39 is 11.1 Å². The van der Waals surface area contributed by atoms with Crippen LogP contribution in [-0.2, 0) is 10.3 Å². The van der Waals surface area contributed by atoms with Crippen LogP contribution in [0.3, 0.4) is 0 Å². The van der Waals surface area contributed by atoms with Crippen molar-refractivity contribution in [2.75, 3.05) is 27.2 Å². The maximum Gasteiger partial charge on any atom is 0.325 e. The van der Waals surface area contributed by atoms with Gasteiger partial charge in [-0.3, -0.25) is 9.69 Å². The fourth-order valence-corrected chi connectivity index (χ4v) is 3.81. The Hall–Kier alpha value is -2.08. The van der Waals surface area contributed by atoms with Crippen LogP contribution in [0.25, 0.3) is 0 Å². The molecule has 0 radical (unpaired) electrons. The number of aryl methyl sites for hydroxylation is 1. The highest BCUT2D eigenvalue weighted by atomic mass is 16.5. The maximum atomic E-state index is 13.3. The summed E-state index contributed by atoms with van der Waals surface area (Å²) in [6.07, 6.45) is 1.17. The molecule has 2 aliphatic rings. The first-order valence-electron chi connectivity index (χ1n) is 8.74. The van der Waals surface area contributed by atoms with Crippen molar-refractivity contribution < 1.29 is 14.3 Å². The second-order valence-corrected chi connectivity index (χ2v) is 7.99. The molecule has 1 aromatic rings. The van der Waals surface area contributed by atoms with Crippen LogP contribution in [-0.4, -0.2) is 54.5 Å². The Balaban J connectivity index is 1.97. The van der Waals surface area contributed by atoms with E-state index in [1.54, 1.807) is 0 Å². The zero-order valence-corrected chi connectivity index (χ0v) is 15.7. The van der Waals surface area contributed by atoms with Gasteiger partial charge in [-0.05, 0) is 60.0 Å². The van der Waals surface area contributed by atoms with E-state index >= 15 is 0 Å². The van der Waals surface area contributed by atoms with Crippen molar-refractivity contribution >= 4 is 11.9 Å². The van der Waals surface area contributed by atoms with Crippen molar-refractivity contribution in [2.45, 2.75) is 44.8 Å². The molecule has 0 bridgehead atoms. The number of urea groups is 1. The number of ether oxygens (including phenoxy) is 1. The highest BCUT2D eigenvalue weighted by Crippen LogP contribution is 2.46. The minimum absolute atomic E-state index is 0.167.